The molecule has 0 bridgehead atoms. The van der Waals surface area contributed by atoms with E-state index in [1.165, 1.54) is 0 Å². The molecule has 1 unspecified atom stereocenters. The van der Waals surface area contributed by atoms with Crippen LogP contribution in [0.25, 0.3) is 0 Å². The summed E-state index contributed by atoms with van der Waals surface area (Å²) in [5.41, 5.74) is 4.01. The van der Waals surface area contributed by atoms with E-state index < -0.39 is 6.10 Å². The summed E-state index contributed by atoms with van der Waals surface area (Å²) in [6.45, 7) is 6.97. The number of nitrogens with zero attached hydrogens (tertiary/aromatic N) is 2. The largest absolute Gasteiger partial charge is 0.382 e. The number of aromatic nitrogens is 2. The van der Waals surface area contributed by atoms with Crippen LogP contribution in [0.2, 0.25) is 0 Å². The lowest BCUT2D eigenvalue weighted by Crippen LogP contribution is -2.11. The third kappa shape index (κ3) is 2.90. The first-order chi connectivity index (χ1) is 9.04. The first-order valence-corrected chi connectivity index (χ1v) is 7.30. The molecule has 102 valence electrons. The average Bonchev–Trinajstić information content (AvgIpc) is 2.73. The Morgan fingerprint density at radius 2 is 2.11 bits per heavy atom. The van der Waals surface area contributed by atoms with Crippen LogP contribution in [0.3, 0.4) is 0 Å². The van der Waals surface area contributed by atoms with E-state index in [0.717, 1.165) is 39.8 Å². The van der Waals surface area contributed by atoms with Crippen LogP contribution >= 0.6 is 15.9 Å². The van der Waals surface area contributed by atoms with Crippen LogP contribution in [0.4, 0.5) is 0 Å². The Kier molecular flexibility index (Phi) is 4.42. The van der Waals surface area contributed by atoms with E-state index in [0.29, 0.717) is 0 Å². The number of aryl methyl sites for hydroxylation is 3. The van der Waals surface area contributed by atoms with Gasteiger partial charge in [0.2, 0.25) is 0 Å². The van der Waals surface area contributed by atoms with E-state index in [4.69, 9.17) is 0 Å². The zero-order valence-corrected chi connectivity index (χ0v) is 13.1. The first kappa shape index (κ1) is 14.3. The Balaban J connectivity index is 2.46. The van der Waals surface area contributed by atoms with Gasteiger partial charge in [-0.05, 0) is 47.3 Å². The smallest absolute Gasteiger partial charge is 0.122 e. The summed E-state index contributed by atoms with van der Waals surface area (Å²) in [5.74, 6) is 0. The van der Waals surface area contributed by atoms with E-state index in [9.17, 15) is 5.11 Å². The second-order valence-electron chi connectivity index (χ2n) is 4.86. The molecule has 0 aliphatic rings. The molecular weight excluding hydrogens is 304 g/mol. The monoisotopic (exact) mass is 322 g/mol. The minimum Gasteiger partial charge on any atom is -0.382 e. The molecule has 19 heavy (non-hydrogen) atoms. The van der Waals surface area contributed by atoms with Crippen molar-refractivity contribution in [1.82, 2.24) is 9.78 Å². The van der Waals surface area contributed by atoms with Gasteiger partial charge in [-0.2, -0.15) is 5.10 Å². The summed E-state index contributed by atoms with van der Waals surface area (Å²) in [5, 5.41) is 15.0. The fraction of sp³-hybridized carbons (Fsp3) is 0.400. The minimum absolute atomic E-state index is 0.650. The van der Waals surface area contributed by atoms with Gasteiger partial charge in [0.1, 0.15) is 6.10 Å². The van der Waals surface area contributed by atoms with Crippen LogP contribution in [0.1, 0.15) is 41.8 Å². The molecule has 2 rings (SSSR count). The van der Waals surface area contributed by atoms with Gasteiger partial charge >= 0.3 is 0 Å². The molecule has 1 aromatic carbocycles. The van der Waals surface area contributed by atoms with Crippen LogP contribution in [0.15, 0.2) is 28.9 Å². The van der Waals surface area contributed by atoms with Crippen molar-refractivity contribution in [3.8, 4) is 0 Å². The summed E-state index contributed by atoms with van der Waals surface area (Å²) in [6, 6.07) is 6.14. The maximum atomic E-state index is 10.7. The van der Waals surface area contributed by atoms with Gasteiger partial charge in [-0.3, -0.25) is 4.68 Å². The molecule has 0 amide bonds. The van der Waals surface area contributed by atoms with Crippen molar-refractivity contribution in [2.45, 2.75) is 39.8 Å². The van der Waals surface area contributed by atoms with Crippen LogP contribution < -0.4 is 0 Å². The lowest BCUT2D eigenvalue weighted by molar-refractivity contribution is 0.205. The second kappa shape index (κ2) is 5.88. The van der Waals surface area contributed by atoms with Crippen molar-refractivity contribution in [3.05, 3.63) is 51.3 Å². The molecule has 0 spiro atoms. The summed E-state index contributed by atoms with van der Waals surface area (Å²) < 4.78 is 2.73. The van der Waals surface area contributed by atoms with E-state index >= 15 is 0 Å². The quantitative estimate of drug-likeness (QED) is 0.930. The molecular formula is C15H19BrN2O. The molecule has 4 heteroatoms. The Labute approximate surface area is 122 Å². The molecule has 1 atom stereocenters. The normalized spacial score (nSPS) is 12.7. The van der Waals surface area contributed by atoms with Crippen molar-refractivity contribution < 1.29 is 5.11 Å². The molecule has 0 saturated heterocycles. The highest BCUT2D eigenvalue weighted by atomic mass is 79.9. The Hall–Kier alpha value is -1.13. The highest BCUT2D eigenvalue weighted by Gasteiger charge is 2.20. The van der Waals surface area contributed by atoms with Gasteiger partial charge in [0.15, 0.2) is 0 Å². The number of aliphatic hydroxyl groups is 1. The van der Waals surface area contributed by atoms with Gasteiger partial charge in [0.25, 0.3) is 0 Å². The fourth-order valence-electron chi connectivity index (χ4n) is 2.24. The Bertz CT molecular complexity index is 578. The number of hydrogen-bond donors (Lipinski definition) is 1. The number of benzene rings is 1. The molecule has 3 nitrogen and oxygen atoms in total. The van der Waals surface area contributed by atoms with Gasteiger partial charge in [-0.15, -0.1) is 0 Å². The molecule has 1 aromatic heterocycles. The van der Waals surface area contributed by atoms with E-state index in [-0.39, 0.29) is 0 Å². The van der Waals surface area contributed by atoms with Crippen LogP contribution in [-0.2, 0) is 6.54 Å². The highest BCUT2D eigenvalue weighted by Crippen LogP contribution is 2.30. The minimum atomic E-state index is -0.650. The topological polar surface area (TPSA) is 38.0 Å². The molecule has 1 N–H and O–H groups in total. The van der Waals surface area contributed by atoms with Crippen molar-refractivity contribution in [2.75, 3.05) is 0 Å². The van der Waals surface area contributed by atoms with Crippen molar-refractivity contribution in [2.24, 2.45) is 0 Å². The van der Waals surface area contributed by atoms with Gasteiger partial charge in [0.05, 0.1) is 16.4 Å². The first-order valence-electron chi connectivity index (χ1n) is 6.51. The van der Waals surface area contributed by atoms with E-state index in [1.807, 2.05) is 30.7 Å². The van der Waals surface area contributed by atoms with Gasteiger partial charge in [-0.1, -0.05) is 30.7 Å². The Morgan fingerprint density at radius 1 is 1.37 bits per heavy atom. The second-order valence-corrected chi connectivity index (χ2v) is 5.72. The predicted octanol–water partition coefficient (Wildman–Crippen LogP) is 3.75. The molecule has 0 fully saturated rings. The van der Waals surface area contributed by atoms with Crippen molar-refractivity contribution >= 4 is 15.9 Å². The summed E-state index contributed by atoms with van der Waals surface area (Å²) in [4.78, 5) is 0. The Morgan fingerprint density at radius 3 is 2.79 bits per heavy atom. The molecule has 0 aliphatic heterocycles. The predicted molar refractivity (Wildman–Crippen MR) is 80.2 cm³/mol. The summed E-state index contributed by atoms with van der Waals surface area (Å²) in [6.07, 6.45) is 2.09. The van der Waals surface area contributed by atoms with Crippen molar-refractivity contribution in [3.63, 3.8) is 0 Å². The van der Waals surface area contributed by atoms with Crippen molar-refractivity contribution in [1.29, 1.82) is 0 Å². The summed E-state index contributed by atoms with van der Waals surface area (Å²) >= 11 is 3.48. The SMILES string of the molecule is CCCn1ncc(Br)c1C(O)c1cc(C)ccc1C. The molecule has 0 aliphatic carbocycles. The summed E-state index contributed by atoms with van der Waals surface area (Å²) in [7, 11) is 0. The van der Waals surface area contributed by atoms with Crippen LogP contribution in [0, 0.1) is 13.8 Å². The number of hydrogen-bond acceptors (Lipinski definition) is 2. The van der Waals surface area contributed by atoms with E-state index in [1.54, 1.807) is 6.20 Å². The highest BCUT2D eigenvalue weighted by molar-refractivity contribution is 9.10. The van der Waals surface area contributed by atoms with E-state index in [2.05, 4.69) is 34.0 Å². The number of halogens is 1. The van der Waals surface area contributed by atoms with Gasteiger partial charge < -0.3 is 5.11 Å². The maximum Gasteiger partial charge on any atom is 0.122 e. The zero-order valence-electron chi connectivity index (χ0n) is 11.5. The van der Waals surface area contributed by atoms with Crippen LogP contribution in [-0.4, -0.2) is 14.9 Å². The lowest BCUT2D eigenvalue weighted by atomic mass is 9.99. The van der Waals surface area contributed by atoms with Gasteiger partial charge in [-0.25, -0.2) is 0 Å². The van der Waals surface area contributed by atoms with Gasteiger partial charge in [0, 0.05) is 6.54 Å². The molecule has 0 saturated carbocycles. The standard InChI is InChI=1S/C15H19BrN2O/c1-4-7-18-14(13(16)9-17-18)15(19)12-8-10(2)5-6-11(12)3/h5-6,8-9,15,19H,4,7H2,1-3H3. The average molecular weight is 323 g/mol. The molecule has 1 heterocycles. The number of aliphatic hydroxyl groups excluding tert-OH is 1. The molecule has 0 radical (unpaired) electrons. The fourth-order valence-corrected chi connectivity index (χ4v) is 2.75. The van der Waals surface area contributed by atoms with Crippen LogP contribution in [0.5, 0.6) is 0 Å². The third-order valence-electron chi connectivity index (χ3n) is 3.26. The third-order valence-corrected chi connectivity index (χ3v) is 3.87. The zero-order chi connectivity index (χ0) is 14.0. The molecule has 2 aromatic rings. The number of rotatable bonds is 4. The lowest BCUT2D eigenvalue weighted by Gasteiger charge is -2.17. The maximum absolute atomic E-state index is 10.7.